The number of amides is 1. The van der Waals surface area contributed by atoms with Crippen LogP contribution in [-0.4, -0.2) is 47.4 Å². The third kappa shape index (κ3) is 3.09. The highest BCUT2D eigenvalue weighted by molar-refractivity contribution is 5.93. The molecule has 3 rings (SSSR count). The minimum Gasteiger partial charge on any atom is -0.380 e. The summed E-state index contributed by atoms with van der Waals surface area (Å²) in [5.41, 5.74) is 0.909. The lowest BCUT2D eigenvalue weighted by Gasteiger charge is -2.53. The lowest BCUT2D eigenvalue weighted by atomic mass is 9.74. The van der Waals surface area contributed by atoms with E-state index in [1.807, 2.05) is 11.8 Å². The lowest BCUT2D eigenvalue weighted by molar-refractivity contribution is -0.210. The van der Waals surface area contributed by atoms with Gasteiger partial charge in [-0.25, -0.2) is 0 Å². The van der Waals surface area contributed by atoms with Gasteiger partial charge in [-0.2, -0.15) is 0 Å². The SMILES string of the molecule is COCc1c(C(=O)N2CC[C@@]3(C)OC(C)(C)CC[C@H]3C2)noc1C. The van der Waals surface area contributed by atoms with Crippen LogP contribution in [0.3, 0.4) is 0 Å². The zero-order chi connectivity index (χ0) is 17.5. The molecule has 2 fully saturated rings. The van der Waals surface area contributed by atoms with Crippen LogP contribution < -0.4 is 0 Å². The number of rotatable bonds is 3. The van der Waals surface area contributed by atoms with E-state index in [9.17, 15) is 4.79 Å². The molecule has 3 heterocycles. The Morgan fingerprint density at radius 1 is 1.38 bits per heavy atom. The molecule has 1 amide bonds. The zero-order valence-electron chi connectivity index (χ0n) is 15.3. The van der Waals surface area contributed by atoms with Gasteiger partial charge in [-0.05, 0) is 47.0 Å². The molecule has 0 aromatic carbocycles. The second kappa shape index (κ2) is 6.15. The predicted molar refractivity (Wildman–Crippen MR) is 88.8 cm³/mol. The van der Waals surface area contributed by atoms with Gasteiger partial charge in [0.2, 0.25) is 0 Å². The van der Waals surface area contributed by atoms with Gasteiger partial charge in [-0.1, -0.05) is 5.16 Å². The first kappa shape index (κ1) is 17.4. The molecule has 2 aliphatic rings. The maximum atomic E-state index is 12.9. The summed E-state index contributed by atoms with van der Waals surface area (Å²) in [6, 6.07) is 0. The number of fused-ring (bicyclic) bond motifs is 1. The van der Waals surface area contributed by atoms with Crippen molar-refractivity contribution < 1.29 is 18.8 Å². The Morgan fingerprint density at radius 3 is 2.83 bits per heavy atom. The van der Waals surface area contributed by atoms with Crippen molar-refractivity contribution >= 4 is 5.91 Å². The summed E-state index contributed by atoms with van der Waals surface area (Å²) in [4.78, 5) is 14.8. The second-order valence-corrected chi connectivity index (χ2v) is 7.91. The minimum atomic E-state index is -0.145. The Hall–Kier alpha value is -1.40. The largest absolute Gasteiger partial charge is 0.380 e. The first-order valence-electron chi connectivity index (χ1n) is 8.69. The molecule has 0 bridgehead atoms. The summed E-state index contributed by atoms with van der Waals surface area (Å²) in [6.07, 6.45) is 2.95. The van der Waals surface area contributed by atoms with Gasteiger partial charge in [-0.3, -0.25) is 4.79 Å². The van der Waals surface area contributed by atoms with E-state index in [0.717, 1.165) is 24.8 Å². The number of likely N-dealkylation sites (tertiary alicyclic amines) is 1. The predicted octanol–water partition coefficient (Wildman–Crippen LogP) is 2.94. The molecule has 2 aliphatic heterocycles. The number of hydrogen-bond donors (Lipinski definition) is 0. The molecule has 0 N–H and O–H groups in total. The van der Waals surface area contributed by atoms with Crippen molar-refractivity contribution in [2.24, 2.45) is 5.92 Å². The van der Waals surface area contributed by atoms with E-state index in [0.29, 0.717) is 37.1 Å². The van der Waals surface area contributed by atoms with Crippen LogP contribution in [0.25, 0.3) is 0 Å². The second-order valence-electron chi connectivity index (χ2n) is 7.91. The molecule has 0 unspecified atom stereocenters. The molecular formula is C18H28N2O4. The van der Waals surface area contributed by atoms with E-state index in [2.05, 4.69) is 25.9 Å². The van der Waals surface area contributed by atoms with Crippen molar-refractivity contribution in [2.75, 3.05) is 20.2 Å². The van der Waals surface area contributed by atoms with Crippen LogP contribution in [0, 0.1) is 12.8 Å². The van der Waals surface area contributed by atoms with Crippen molar-refractivity contribution in [1.29, 1.82) is 0 Å². The van der Waals surface area contributed by atoms with Crippen LogP contribution in [0.4, 0.5) is 0 Å². The number of piperidine rings is 1. The van der Waals surface area contributed by atoms with Gasteiger partial charge >= 0.3 is 0 Å². The molecule has 2 atom stereocenters. The Kier molecular flexibility index (Phi) is 4.47. The molecule has 134 valence electrons. The highest BCUT2D eigenvalue weighted by Crippen LogP contribution is 2.44. The summed E-state index contributed by atoms with van der Waals surface area (Å²) in [7, 11) is 1.61. The molecule has 6 heteroatoms. The van der Waals surface area contributed by atoms with Crippen LogP contribution in [0.15, 0.2) is 4.52 Å². The normalized spacial score (nSPS) is 29.4. The third-order valence-corrected chi connectivity index (χ3v) is 5.55. The Morgan fingerprint density at radius 2 is 2.12 bits per heavy atom. The van der Waals surface area contributed by atoms with Gasteiger partial charge in [0.15, 0.2) is 5.69 Å². The van der Waals surface area contributed by atoms with Crippen molar-refractivity contribution in [3.8, 4) is 0 Å². The molecule has 0 spiro atoms. The average molecular weight is 336 g/mol. The van der Waals surface area contributed by atoms with Crippen LogP contribution >= 0.6 is 0 Å². The summed E-state index contributed by atoms with van der Waals surface area (Å²) in [5.74, 6) is 0.942. The smallest absolute Gasteiger partial charge is 0.276 e. The Bertz CT molecular complexity index is 625. The fourth-order valence-electron chi connectivity index (χ4n) is 4.05. The summed E-state index contributed by atoms with van der Waals surface area (Å²) >= 11 is 0. The molecular weight excluding hydrogens is 308 g/mol. The molecule has 0 radical (unpaired) electrons. The van der Waals surface area contributed by atoms with Crippen molar-refractivity contribution in [3.05, 3.63) is 17.0 Å². The molecule has 0 aliphatic carbocycles. The molecule has 0 saturated carbocycles. The van der Waals surface area contributed by atoms with Crippen LogP contribution in [-0.2, 0) is 16.1 Å². The number of methoxy groups -OCH3 is 1. The molecule has 1 aromatic heterocycles. The summed E-state index contributed by atoms with van der Waals surface area (Å²) in [5, 5.41) is 3.98. The van der Waals surface area contributed by atoms with E-state index >= 15 is 0 Å². The topological polar surface area (TPSA) is 64.8 Å². The van der Waals surface area contributed by atoms with Gasteiger partial charge in [0.1, 0.15) is 5.76 Å². The van der Waals surface area contributed by atoms with E-state index < -0.39 is 0 Å². The molecule has 1 aromatic rings. The van der Waals surface area contributed by atoms with Crippen LogP contribution in [0.2, 0.25) is 0 Å². The first-order chi connectivity index (χ1) is 11.3. The quantitative estimate of drug-likeness (QED) is 0.849. The van der Waals surface area contributed by atoms with E-state index in [1.165, 1.54) is 0 Å². The van der Waals surface area contributed by atoms with Gasteiger partial charge < -0.3 is 18.9 Å². The fraction of sp³-hybridized carbons (Fsp3) is 0.778. The van der Waals surface area contributed by atoms with Crippen molar-refractivity contribution in [1.82, 2.24) is 10.1 Å². The highest BCUT2D eigenvalue weighted by atomic mass is 16.5. The number of ether oxygens (including phenoxy) is 2. The van der Waals surface area contributed by atoms with Gasteiger partial charge in [0, 0.05) is 26.1 Å². The van der Waals surface area contributed by atoms with Crippen molar-refractivity contribution in [2.45, 2.75) is 64.8 Å². The number of nitrogens with zero attached hydrogens (tertiary/aromatic N) is 2. The molecule has 24 heavy (non-hydrogen) atoms. The number of carbonyl (C=O) groups excluding carboxylic acids is 1. The third-order valence-electron chi connectivity index (χ3n) is 5.55. The standard InChI is InChI=1S/C18H28N2O4/c1-12-14(11-22-5)15(19-23-12)16(21)20-9-8-18(4)13(10-20)6-7-17(2,3)24-18/h13H,6-11H2,1-5H3/t13-,18+/m0/s1. The Balaban J connectivity index is 1.75. The summed E-state index contributed by atoms with van der Waals surface area (Å²) in [6.45, 7) is 10.0. The van der Waals surface area contributed by atoms with Crippen LogP contribution in [0.1, 0.15) is 61.8 Å². The van der Waals surface area contributed by atoms with Crippen LogP contribution in [0.5, 0.6) is 0 Å². The number of hydrogen-bond acceptors (Lipinski definition) is 5. The van der Waals surface area contributed by atoms with Gasteiger partial charge in [0.05, 0.1) is 23.4 Å². The molecule has 2 saturated heterocycles. The van der Waals surface area contributed by atoms with E-state index in [1.54, 1.807) is 7.11 Å². The van der Waals surface area contributed by atoms with E-state index in [4.69, 9.17) is 14.0 Å². The molecule has 6 nitrogen and oxygen atoms in total. The zero-order valence-corrected chi connectivity index (χ0v) is 15.3. The number of carbonyl (C=O) groups is 1. The van der Waals surface area contributed by atoms with Crippen molar-refractivity contribution in [3.63, 3.8) is 0 Å². The van der Waals surface area contributed by atoms with Gasteiger partial charge in [0.25, 0.3) is 5.91 Å². The number of aryl methyl sites for hydroxylation is 1. The number of aromatic nitrogens is 1. The van der Waals surface area contributed by atoms with Gasteiger partial charge in [-0.15, -0.1) is 0 Å². The summed E-state index contributed by atoms with van der Waals surface area (Å²) < 4.78 is 16.8. The lowest BCUT2D eigenvalue weighted by Crippen LogP contribution is -2.58. The van der Waals surface area contributed by atoms with E-state index in [-0.39, 0.29) is 17.1 Å². The highest BCUT2D eigenvalue weighted by Gasteiger charge is 2.48. The first-order valence-corrected chi connectivity index (χ1v) is 8.69. The fourth-order valence-corrected chi connectivity index (χ4v) is 4.05. The maximum Gasteiger partial charge on any atom is 0.276 e. The average Bonchev–Trinajstić information content (AvgIpc) is 2.86. The monoisotopic (exact) mass is 336 g/mol. The Labute approximate surface area is 143 Å². The maximum absolute atomic E-state index is 12.9. The minimum absolute atomic E-state index is 0.0641.